The second-order valence-electron chi connectivity index (χ2n) is 8.22. The summed E-state index contributed by atoms with van der Waals surface area (Å²) in [6.07, 6.45) is -0.737. The number of fused-ring (bicyclic) bond motifs is 2. The average Bonchev–Trinajstić information content (AvgIpc) is 2.98. The number of carbonyl (C=O) groups excluding carboxylic acids is 2. The quantitative estimate of drug-likeness (QED) is 0.763. The van der Waals surface area contributed by atoms with Gasteiger partial charge in [-0.05, 0) is 61.7 Å². The molecule has 4 rings (SSSR count). The topological polar surface area (TPSA) is 96.0 Å². The molecule has 0 aliphatic carbocycles. The van der Waals surface area contributed by atoms with Gasteiger partial charge in [-0.25, -0.2) is 13.2 Å². The van der Waals surface area contributed by atoms with Crippen LogP contribution in [0.2, 0.25) is 0 Å². The van der Waals surface area contributed by atoms with Crippen molar-refractivity contribution in [3.63, 3.8) is 0 Å². The van der Waals surface area contributed by atoms with E-state index in [2.05, 4.69) is 4.72 Å². The van der Waals surface area contributed by atoms with E-state index >= 15 is 0 Å². The monoisotopic (exact) mass is 443 g/mol. The molecule has 9 heteroatoms. The van der Waals surface area contributed by atoms with Gasteiger partial charge < -0.3 is 9.64 Å². The van der Waals surface area contributed by atoms with Gasteiger partial charge in [-0.1, -0.05) is 12.1 Å². The molecule has 0 saturated heterocycles. The molecule has 2 aromatic carbocycles. The van der Waals surface area contributed by atoms with Crippen molar-refractivity contribution < 1.29 is 22.7 Å². The molecule has 2 aliphatic rings. The number of anilines is 3. The third-order valence-corrected chi connectivity index (χ3v) is 6.58. The number of carbonyl (C=O) groups is 2. The highest BCUT2D eigenvalue weighted by Crippen LogP contribution is 2.40. The zero-order valence-corrected chi connectivity index (χ0v) is 18.7. The van der Waals surface area contributed by atoms with E-state index in [1.165, 1.54) is 6.92 Å². The summed E-state index contributed by atoms with van der Waals surface area (Å²) in [5.74, 6) is -0.170. The first-order valence-electron chi connectivity index (χ1n) is 10.1. The standard InChI is InChI=1S/C22H25N3O5S/c1-13(2)30-22(27)24-11-14(3)25(15(4)26)20-8-6-17(10-21(20)24)16-5-7-19-18(9-16)12-31(28,29)23-19/h5-10,13-14,23H,11-12H2,1-4H3. The van der Waals surface area contributed by atoms with Gasteiger partial charge in [-0.2, -0.15) is 0 Å². The first-order valence-corrected chi connectivity index (χ1v) is 11.8. The Morgan fingerprint density at radius 2 is 1.77 bits per heavy atom. The lowest BCUT2D eigenvalue weighted by atomic mass is 9.99. The molecule has 0 aromatic heterocycles. The van der Waals surface area contributed by atoms with Gasteiger partial charge in [0.2, 0.25) is 15.9 Å². The molecule has 2 aromatic rings. The van der Waals surface area contributed by atoms with Crippen LogP contribution in [-0.2, 0) is 25.3 Å². The maximum absolute atomic E-state index is 12.8. The van der Waals surface area contributed by atoms with E-state index in [-0.39, 0.29) is 23.8 Å². The Kier molecular flexibility index (Phi) is 5.17. The summed E-state index contributed by atoms with van der Waals surface area (Å²) < 4.78 is 31.7. The number of hydrogen-bond donors (Lipinski definition) is 1. The van der Waals surface area contributed by atoms with Crippen molar-refractivity contribution in [1.82, 2.24) is 0 Å². The van der Waals surface area contributed by atoms with Crippen molar-refractivity contribution in [2.45, 2.75) is 45.6 Å². The molecule has 0 fully saturated rings. The van der Waals surface area contributed by atoms with Crippen LogP contribution in [0.25, 0.3) is 11.1 Å². The predicted octanol–water partition coefficient (Wildman–Crippen LogP) is 3.72. The molecule has 164 valence electrons. The normalized spacial score (nSPS) is 18.9. The van der Waals surface area contributed by atoms with E-state index in [9.17, 15) is 18.0 Å². The Morgan fingerprint density at radius 1 is 1.10 bits per heavy atom. The van der Waals surface area contributed by atoms with Gasteiger partial charge in [0.05, 0.1) is 35.0 Å². The predicted molar refractivity (Wildman–Crippen MR) is 120 cm³/mol. The molecule has 0 saturated carbocycles. The number of benzene rings is 2. The fourth-order valence-corrected chi connectivity index (χ4v) is 5.38. The molecule has 2 amide bonds. The Morgan fingerprint density at radius 3 is 2.45 bits per heavy atom. The SMILES string of the molecule is CC(=O)N1c2ccc(-c3ccc4c(c3)CS(=O)(=O)N4)cc2N(C(=O)OC(C)C)CC1C. The zero-order valence-electron chi connectivity index (χ0n) is 17.9. The summed E-state index contributed by atoms with van der Waals surface area (Å²) in [4.78, 5) is 28.3. The van der Waals surface area contributed by atoms with Gasteiger partial charge in [0.15, 0.2) is 0 Å². The number of rotatable bonds is 2. The minimum atomic E-state index is -3.34. The minimum absolute atomic E-state index is 0.0659. The molecule has 0 radical (unpaired) electrons. The zero-order chi connectivity index (χ0) is 22.5. The van der Waals surface area contributed by atoms with Gasteiger partial charge in [0, 0.05) is 13.5 Å². The molecule has 2 aliphatic heterocycles. The summed E-state index contributed by atoms with van der Waals surface area (Å²) >= 11 is 0. The Balaban J connectivity index is 1.79. The largest absolute Gasteiger partial charge is 0.446 e. The van der Waals surface area contributed by atoms with E-state index in [4.69, 9.17) is 4.74 Å². The van der Waals surface area contributed by atoms with Gasteiger partial charge in [0.25, 0.3) is 0 Å². The van der Waals surface area contributed by atoms with E-state index in [1.807, 2.05) is 37.3 Å². The van der Waals surface area contributed by atoms with Gasteiger partial charge in [-0.15, -0.1) is 0 Å². The van der Waals surface area contributed by atoms with Crippen molar-refractivity contribution in [1.29, 1.82) is 0 Å². The Bertz CT molecular complexity index is 1180. The van der Waals surface area contributed by atoms with Crippen molar-refractivity contribution in [2.75, 3.05) is 21.1 Å². The molecule has 0 spiro atoms. The van der Waals surface area contributed by atoms with Crippen LogP contribution in [0, 0.1) is 0 Å². The number of hydrogen-bond acceptors (Lipinski definition) is 5. The molecular weight excluding hydrogens is 418 g/mol. The summed E-state index contributed by atoms with van der Waals surface area (Å²) in [6, 6.07) is 10.7. The maximum Gasteiger partial charge on any atom is 0.414 e. The van der Waals surface area contributed by atoms with Crippen LogP contribution in [0.15, 0.2) is 36.4 Å². The second kappa shape index (κ2) is 7.56. The lowest BCUT2D eigenvalue weighted by molar-refractivity contribution is -0.117. The highest BCUT2D eigenvalue weighted by atomic mass is 32.2. The lowest BCUT2D eigenvalue weighted by Gasteiger charge is -2.40. The van der Waals surface area contributed by atoms with Gasteiger partial charge in [-0.3, -0.25) is 14.4 Å². The fourth-order valence-electron chi connectivity index (χ4n) is 4.12. The van der Waals surface area contributed by atoms with Crippen molar-refractivity contribution in [3.8, 4) is 11.1 Å². The van der Waals surface area contributed by atoms with Crippen molar-refractivity contribution >= 4 is 39.1 Å². The van der Waals surface area contributed by atoms with Gasteiger partial charge >= 0.3 is 6.09 Å². The first kappa shape index (κ1) is 21.2. The summed E-state index contributed by atoms with van der Waals surface area (Å²) in [7, 11) is -3.34. The van der Waals surface area contributed by atoms with E-state index in [0.717, 1.165) is 11.1 Å². The second-order valence-corrected chi connectivity index (χ2v) is 9.94. The highest BCUT2D eigenvalue weighted by Gasteiger charge is 2.35. The van der Waals surface area contributed by atoms with Crippen LogP contribution in [0.5, 0.6) is 0 Å². The molecule has 8 nitrogen and oxygen atoms in total. The molecule has 2 heterocycles. The van der Waals surface area contributed by atoms with Crippen LogP contribution in [0.4, 0.5) is 21.9 Å². The molecule has 1 unspecified atom stereocenters. The number of sulfonamides is 1. The summed E-state index contributed by atoms with van der Waals surface area (Å²) in [5.41, 5.74) is 4.14. The van der Waals surface area contributed by atoms with E-state index in [0.29, 0.717) is 29.2 Å². The molecule has 0 bridgehead atoms. The smallest absolute Gasteiger partial charge is 0.414 e. The van der Waals surface area contributed by atoms with Crippen LogP contribution < -0.4 is 14.5 Å². The van der Waals surface area contributed by atoms with Crippen molar-refractivity contribution in [2.24, 2.45) is 0 Å². The third-order valence-electron chi connectivity index (χ3n) is 5.36. The molecule has 1 atom stereocenters. The maximum atomic E-state index is 12.8. The summed E-state index contributed by atoms with van der Waals surface area (Å²) in [5, 5.41) is 0. The van der Waals surface area contributed by atoms with Gasteiger partial charge in [0.1, 0.15) is 0 Å². The Labute approximate surface area is 181 Å². The number of nitrogens with zero attached hydrogens (tertiary/aromatic N) is 2. The molecule has 1 N–H and O–H groups in total. The number of amides is 2. The lowest BCUT2D eigenvalue weighted by Crippen LogP contribution is -2.51. The molecular formula is C22H25N3O5S. The Hall–Kier alpha value is -3.07. The van der Waals surface area contributed by atoms with E-state index < -0.39 is 16.1 Å². The van der Waals surface area contributed by atoms with E-state index in [1.54, 1.807) is 29.7 Å². The first-order chi connectivity index (χ1) is 14.6. The minimum Gasteiger partial charge on any atom is -0.446 e. The summed E-state index contributed by atoms with van der Waals surface area (Å²) in [6.45, 7) is 7.29. The average molecular weight is 444 g/mol. The number of nitrogens with one attached hydrogen (secondary N) is 1. The fraction of sp³-hybridized carbons (Fsp3) is 0.364. The van der Waals surface area contributed by atoms with Crippen LogP contribution in [0.3, 0.4) is 0 Å². The highest BCUT2D eigenvalue weighted by molar-refractivity contribution is 7.92. The van der Waals surface area contributed by atoms with Crippen molar-refractivity contribution in [3.05, 3.63) is 42.0 Å². The van der Waals surface area contributed by atoms with Crippen LogP contribution in [-0.4, -0.2) is 39.1 Å². The molecule has 31 heavy (non-hydrogen) atoms. The van der Waals surface area contributed by atoms with Crippen LogP contribution >= 0.6 is 0 Å². The van der Waals surface area contributed by atoms with Crippen LogP contribution in [0.1, 0.15) is 33.3 Å². The number of ether oxygens (including phenoxy) is 1. The third kappa shape index (κ3) is 3.97.